The summed E-state index contributed by atoms with van der Waals surface area (Å²) in [4.78, 5) is 25.2. The molecule has 1 aromatic heterocycles. The Balaban J connectivity index is 2.10. The molecule has 0 unspecified atom stereocenters. The van der Waals surface area contributed by atoms with Crippen molar-refractivity contribution in [2.24, 2.45) is 5.41 Å². The predicted octanol–water partition coefficient (Wildman–Crippen LogP) is 3.27. The maximum atomic E-state index is 12.1. The number of fused-ring (bicyclic) bond motifs is 1. The molecule has 0 bridgehead atoms. The highest BCUT2D eigenvalue weighted by Crippen LogP contribution is 2.39. The zero-order valence-corrected chi connectivity index (χ0v) is 15.5. The molecule has 0 saturated heterocycles. The molecule has 0 aliphatic heterocycles. The van der Waals surface area contributed by atoms with Crippen molar-refractivity contribution in [2.45, 2.75) is 46.5 Å². The number of hydrogen-bond donors (Lipinski definition) is 2. The lowest BCUT2D eigenvalue weighted by molar-refractivity contribution is -0.121. The Kier molecular flexibility index (Phi) is 5.41. The van der Waals surface area contributed by atoms with Crippen LogP contribution in [0.5, 0.6) is 0 Å². The van der Waals surface area contributed by atoms with E-state index in [0.717, 1.165) is 24.8 Å². The van der Waals surface area contributed by atoms with Gasteiger partial charge in [-0.3, -0.25) is 4.79 Å². The molecule has 0 atom stereocenters. The number of carbonyl (C=O) groups is 2. The maximum Gasteiger partial charge on any atom is 0.341 e. The summed E-state index contributed by atoms with van der Waals surface area (Å²) >= 11 is 6.71. The molecule has 0 saturated carbocycles. The highest BCUT2D eigenvalue weighted by atomic mass is 32.1. The summed E-state index contributed by atoms with van der Waals surface area (Å²) in [6.45, 7) is 5.96. The molecular formula is C16H22N2O3S2. The van der Waals surface area contributed by atoms with E-state index < -0.39 is 0 Å². The quantitative estimate of drug-likeness (QED) is 0.644. The van der Waals surface area contributed by atoms with Gasteiger partial charge in [0.15, 0.2) is 5.11 Å². The van der Waals surface area contributed by atoms with E-state index in [4.69, 9.17) is 17.0 Å². The number of aryl methyl sites for hydroxylation is 1. The zero-order valence-electron chi connectivity index (χ0n) is 13.9. The van der Waals surface area contributed by atoms with Crippen LogP contribution >= 0.6 is 23.6 Å². The van der Waals surface area contributed by atoms with Crippen LogP contribution < -0.4 is 10.6 Å². The highest BCUT2D eigenvalue weighted by molar-refractivity contribution is 7.80. The van der Waals surface area contributed by atoms with Crippen molar-refractivity contribution in [1.29, 1.82) is 0 Å². The van der Waals surface area contributed by atoms with E-state index in [1.54, 1.807) is 0 Å². The van der Waals surface area contributed by atoms with E-state index in [-0.39, 0.29) is 22.4 Å². The fraction of sp³-hybridized carbons (Fsp3) is 0.562. The van der Waals surface area contributed by atoms with Gasteiger partial charge >= 0.3 is 5.97 Å². The molecule has 1 aliphatic carbocycles. The second-order valence-corrected chi connectivity index (χ2v) is 8.31. The van der Waals surface area contributed by atoms with Crippen LogP contribution in [0.2, 0.25) is 0 Å². The van der Waals surface area contributed by atoms with Gasteiger partial charge in [-0.25, -0.2) is 4.79 Å². The average Bonchev–Trinajstić information content (AvgIpc) is 2.95. The number of amides is 1. The minimum Gasteiger partial charge on any atom is -0.465 e. The first-order valence-electron chi connectivity index (χ1n) is 7.55. The number of rotatable bonds is 3. The summed E-state index contributed by atoms with van der Waals surface area (Å²) < 4.78 is 4.89. The molecule has 0 spiro atoms. The standard InChI is InChI=1S/C16H22N2O3S2/c1-16(2,3)8-11(19)17-15(22)18-13-12(14(20)21-4)9-6-5-7-10(9)23-13/h5-8H2,1-4H3,(H2,17,18,19,22). The lowest BCUT2D eigenvalue weighted by atomic mass is 9.92. The molecule has 7 heteroatoms. The van der Waals surface area contributed by atoms with Gasteiger partial charge in [-0.2, -0.15) is 0 Å². The normalized spacial score (nSPS) is 13.4. The summed E-state index contributed by atoms with van der Waals surface area (Å²) in [5, 5.41) is 6.53. The highest BCUT2D eigenvalue weighted by Gasteiger charge is 2.27. The minimum absolute atomic E-state index is 0.110. The van der Waals surface area contributed by atoms with Gasteiger partial charge in [-0.1, -0.05) is 20.8 Å². The van der Waals surface area contributed by atoms with Crippen LogP contribution in [0.4, 0.5) is 5.00 Å². The second kappa shape index (κ2) is 6.97. The summed E-state index contributed by atoms with van der Waals surface area (Å²) in [6, 6.07) is 0. The molecule has 1 heterocycles. The van der Waals surface area contributed by atoms with Crippen molar-refractivity contribution >= 4 is 45.5 Å². The van der Waals surface area contributed by atoms with Crippen molar-refractivity contribution in [3.05, 3.63) is 16.0 Å². The Morgan fingerprint density at radius 3 is 2.61 bits per heavy atom. The van der Waals surface area contributed by atoms with E-state index in [1.807, 2.05) is 20.8 Å². The van der Waals surface area contributed by atoms with Gasteiger partial charge in [0.25, 0.3) is 0 Å². The van der Waals surface area contributed by atoms with Gasteiger partial charge in [0.05, 0.1) is 12.7 Å². The Morgan fingerprint density at radius 1 is 1.30 bits per heavy atom. The number of methoxy groups -OCH3 is 1. The number of thiocarbonyl (C=S) groups is 1. The number of thiophene rings is 1. The largest absolute Gasteiger partial charge is 0.465 e. The van der Waals surface area contributed by atoms with Gasteiger partial charge in [0.2, 0.25) is 5.91 Å². The minimum atomic E-state index is -0.365. The Labute approximate surface area is 145 Å². The van der Waals surface area contributed by atoms with Crippen LogP contribution in [0.25, 0.3) is 0 Å². The zero-order chi connectivity index (χ0) is 17.2. The summed E-state index contributed by atoms with van der Waals surface area (Å²) in [7, 11) is 1.37. The third-order valence-corrected chi connectivity index (χ3v) is 4.89. The van der Waals surface area contributed by atoms with E-state index in [9.17, 15) is 9.59 Å². The third-order valence-electron chi connectivity index (χ3n) is 3.48. The smallest absolute Gasteiger partial charge is 0.341 e. The number of anilines is 1. The number of nitrogens with one attached hydrogen (secondary N) is 2. The number of carbonyl (C=O) groups excluding carboxylic acids is 2. The fourth-order valence-electron chi connectivity index (χ4n) is 2.60. The monoisotopic (exact) mass is 354 g/mol. The van der Waals surface area contributed by atoms with E-state index in [2.05, 4.69) is 10.6 Å². The number of esters is 1. The van der Waals surface area contributed by atoms with Crippen molar-refractivity contribution in [3.63, 3.8) is 0 Å². The predicted molar refractivity (Wildman–Crippen MR) is 96.1 cm³/mol. The van der Waals surface area contributed by atoms with Gasteiger partial charge in [-0.05, 0) is 42.5 Å². The number of hydrogen-bond acceptors (Lipinski definition) is 5. The van der Waals surface area contributed by atoms with Crippen molar-refractivity contribution < 1.29 is 14.3 Å². The number of ether oxygens (including phenoxy) is 1. The molecule has 0 fully saturated rings. The molecular weight excluding hydrogens is 332 g/mol. The first-order valence-corrected chi connectivity index (χ1v) is 8.77. The molecule has 2 N–H and O–H groups in total. The first kappa shape index (κ1) is 17.9. The second-order valence-electron chi connectivity index (χ2n) is 6.79. The van der Waals surface area contributed by atoms with Crippen LogP contribution in [0.15, 0.2) is 0 Å². The fourth-order valence-corrected chi connectivity index (χ4v) is 4.16. The Morgan fingerprint density at radius 2 is 2.00 bits per heavy atom. The van der Waals surface area contributed by atoms with Gasteiger partial charge < -0.3 is 15.4 Å². The van der Waals surface area contributed by atoms with Crippen LogP contribution in [0.1, 0.15) is 54.4 Å². The maximum absolute atomic E-state index is 12.1. The third kappa shape index (κ3) is 4.51. The SMILES string of the molecule is COC(=O)c1c(NC(=S)NC(=O)CC(C)(C)C)sc2c1CCC2. The van der Waals surface area contributed by atoms with Crippen LogP contribution in [-0.4, -0.2) is 24.1 Å². The van der Waals surface area contributed by atoms with Crippen LogP contribution in [0.3, 0.4) is 0 Å². The molecule has 2 rings (SSSR count). The molecule has 1 aliphatic rings. The molecule has 0 aromatic carbocycles. The molecule has 1 aromatic rings. The molecule has 0 radical (unpaired) electrons. The lowest BCUT2D eigenvalue weighted by Gasteiger charge is -2.17. The van der Waals surface area contributed by atoms with Gasteiger partial charge in [-0.15, -0.1) is 11.3 Å². The van der Waals surface area contributed by atoms with Gasteiger partial charge in [0.1, 0.15) is 5.00 Å². The van der Waals surface area contributed by atoms with Crippen molar-refractivity contribution in [1.82, 2.24) is 5.32 Å². The Hall–Kier alpha value is -1.47. The summed E-state index contributed by atoms with van der Waals surface area (Å²) in [6.07, 6.45) is 3.27. The first-order chi connectivity index (χ1) is 10.7. The molecule has 23 heavy (non-hydrogen) atoms. The molecule has 1 amide bonds. The van der Waals surface area contributed by atoms with E-state index in [0.29, 0.717) is 17.0 Å². The average molecular weight is 354 g/mol. The molecule has 5 nitrogen and oxygen atoms in total. The molecule has 126 valence electrons. The van der Waals surface area contributed by atoms with Crippen LogP contribution in [-0.2, 0) is 22.4 Å². The van der Waals surface area contributed by atoms with E-state index in [1.165, 1.54) is 23.3 Å². The summed E-state index contributed by atoms with van der Waals surface area (Å²) in [5.74, 6) is -0.505. The van der Waals surface area contributed by atoms with Crippen molar-refractivity contribution in [3.8, 4) is 0 Å². The summed E-state index contributed by atoms with van der Waals surface area (Å²) in [5.41, 5.74) is 1.49. The topological polar surface area (TPSA) is 67.4 Å². The van der Waals surface area contributed by atoms with E-state index >= 15 is 0 Å². The van der Waals surface area contributed by atoms with Crippen molar-refractivity contribution in [2.75, 3.05) is 12.4 Å². The van der Waals surface area contributed by atoms with Crippen LogP contribution in [0, 0.1) is 5.41 Å². The Bertz CT molecular complexity index is 644. The lowest BCUT2D eigenvalue weighted by Crippen LogP contribution is -2.36. The van der Waals surface area contributed by atoms with Gasteiger partial charge in [0, 0.05) is 11.3 Å².